The molecule has 21 heavy (non-hydrogen) atoms. The summed E-state index contributed by atoms with van der Waals surface area (Å²) in [6.07, 6.45) is 3.61. The SMILES string of the molecule is Cn1cc([N+](=O)[O-])cc1C(=O)NCC1NCCCC1(C)C. The van der Waals surface area contributed by atoms with Gasteiger partial charge >= 0.3 is 0 Å². The van der Waals surface area contributed by atoms with E-state index in [9.17, 15) is 14.9 Å². The van der Waals surface area contributed by atoms with Gasteiger partial charge in [-0.2, -0.15) is 0 Å². The minimum absolute atomic E-state index is 0.0706. The summed E-state index contributed by atoms with van der Waals surface area (Å²) in [6, 6.07) is 1.51. The number of hydrogen-bond donors (Lipinski definition) is 2. The molecule has 7 heteroatoms. The second kappa shape index (κ2) is 5.85. The molecule has 1 aromatic heterocycles. The Morgan fingerprint density at radius 3 is 2.90 bits per heavy atom. The van der Waals surface area contributed by atoms with Crippen molar-refractivity contribution in [1.29, 1.82) is 0 Å². The van der Waals surface area contributed by atoms with Gasteiger partial charge in [-0.15, -0.1) is 0 Å². The van der Waals surface area contributed by atoms with E-state index in [1.165, 1.54) is 16.8 Å². The molecule has 116 valence electrons. The van der Waals surface area contributed by atoms with Crippen LogP contribution in [-0.2, 0) is 7.05 Å². The Bertz CT molecular complexity index is 550. The predicted molar refractivity (Wildman–Crippen MR) is 79.2 cm³/mol. The molecule has 1 amide bonds. The van der Waals surface area contributed by atoms with Gasteiger partial charge in [-0.05, 0) is 24.8 Å². The largest absolute Gasteiger partial charge is 0.349 e. The first-order chi connectivity index (χ1) is 9.81. The van der Waals surface area contributed by atoms with Crippen LogP contribution in [0.5, 0.6) is 0 Å². The highest BCUT2D eigenvalue weighted by Crippen LogP contribution is 2.29. The predicted octanol–water partition coefficient (Wildman–Crippen LogP) is 1.44. The first-order valence-electron chi connectivity index (χ1n) is 7.13. The molecule has 2 N–H and O–H groups in total. The topological polar surface area (TPSA) is 89.2 Å². The van der Waals surface area contributed by atoms with Crippen LogP contribution in [0.4, 0.5) is 5.69 Å². The summed E-state index contributed by atoms with van der Waals surface area (Å²) in [7, 11) is 1.63. The van der Waals surface area contributed by atoms with E-state index >= 15 is 0 Å². The van der Waals surface area contributed by atoms with Crippen LogP contribution in [0.15, 0.2) is 12.3 Å². The summed E-state index contributed by atoms with van der Waals surface area (Å²) in [5, 5.41) is 17.0. The molecule has 1 fully saturated rings. The zero-order valence-corrected chi connectivity index (χ0v) is 12.7. The molecular formula is C14H22N4O3. The maximum Gasteiger partial charge on any atom is 0.287 e. The normalized spacial score (nSPS) is 21.0. The van der Waals surface area contributed by atoms with E-state index in [1.807, 2.05) is 0 Å². The Morgan fingerprint density at radius 2 is 2.33 bits per heavy atom. The number of piperidine rings is 1. The van der Waals surface area contributed by atoms with Crippen molar-refractivity contribution in [1.82, 2.24) is 15.2 Å². The summed E-state index contributed by atoms with van der Waals surface area (Å²) in [6.45, 7) is 5.84. The van der Waals surface area contributed by atoms with Crippen molar-refractivity contribution < 1.29 is 9.72 Å². The molecule has 0 bridgehead atoms. The molecule has 2 rings (SSSR count). The zero-order chi connectivity index (χ0) is 15.6. The lowest BCUT2D eigenvalue weighted by molar-refractivity contribution is -0.384. The number of hydrogen-bond acceptors (Lipinski definition) is 4. The van der Waals surface area contributed by atoms with Crippen LogP contribution in [0.2, 0.25) is 0 Å². The van der Waals surface area contributed by atoms with Crippen LogP contribution >= 0.6 is 0 Å². The minimum Gasteiger partial charge on any atom is -0.349 e. The van der Waals surface area contributed by atoms with E-state index in [0.717, 1.165) is 19.4 Å². The number of carbonyl (C=O) groups excluding carboxylic acids is 1. The maximum atomic E-state index is 12.2. The maximum absolute atomic E-state index is 12.2. The number of nitrogens with zero attached hydrogens (tertiary/aromatic N) is 2. The minimum atomic E-state index is -0.497. The van der Waals surface area contributed by atoms with Gasteiger partial charge in [-0.3, -0.25) is 14.9 Å². The molecule has 0 aliphatic carbocycles. The van der Waals surface area contributed by atoms with Crippen molar-refractivity contribution in [3.63, 3.8) is 0 Å². The number of aryl methyl sites for hydroxylation is 1. The van der Waals surface area contributed by atoms with E-state index in [4.69, 9.17) is 0 Å². The van der Waals surface area contributed by atoms with Gasteiger partial charge in [0.1, 0.15) is 5.69 Å². The second-order valence-electron chi connectivity index (χ2n) is 6.26. The molecule has 0 aromatic carbocycles. The smallest absolute Gasteiger partial charge is 0.287 e. The number of nitro groups is 1. The highest BCUT2D eigenvalue weighted by molar-refractivity contribution is 5.93. The van der Waals surface area contributed by atoms with Crippen molar-refractivity contribution in [3.8, 4) is 0 Å². The summed E-state index contributed by atoms with van der Waals surface area (Å²) in [5.74, 6) is -0.284. The lowest BCUT2D eigenvalue weighted by atomic mass is 9.77. The van der Waals surface area contributed by atoms with Gasteiger partial charge in [0.25, 0.3) is 11.6 Å². The Kier molecular flexibility index (Phi) is 4.32. The fourth-order valence-electron chi connectivity index (χ4n) is 2.78. The molecule has 7 nitrogen and oxygen atoms in total. The average molecular weight is 294 g/mol. The number of rotatable bonds is 4. The fraction of sp³-hybridized carbons (Fsp3) is 0.643. The van der Waals surface area contributed by atoms with Crippen LogP contribution in [0.25, 0.3) is 0 Å². The van der Waals surface area contributed by atoms with Crippen molar-refractivity contribution in [2.24, 2.45) is 12.5 Å². The van der Waals surface area contributed by atoms with E-state index < -0.39 is 4.92 Å². The van der Waals surface area contributed by atoms with Crippen LogP contribution in [0.3, 0.4) is 0 Å². The van der Waals surface area contributed by atoms with Crippen molar-refractivity contribution in [3.05, 3.63) is 28.1 Å². The summed E-state index contributed by atoms with van der Waals surface area (Å²) in [4.78, 5) is 22.4. The Balaban J connectivity index is 2.00. The van der Waals surface area contributed by atoms with E-state index in [1.54, 1.807) is 7.05 Å². The van der Waals surface area contributed by atoms with E-state index in [2.05, 4.69) is 24.5 Å². The number of carbonyl (C=O) groups is 1. The molecule has 1 aliphatic rings. The molecular weight excluding hydrogens is 272 g/mol. The van der Waals surface area contributed by atoms with Gasteiger partial charge in [-0.25, -0.2) is 0 Å². The molecule has 2 heterocycles. The quantitative estimate of drug-likeness (QED) is 0.649. The van der Waals surface area contributed by atoms with Gasteiger partial charge in [0, 0.05) is 25.7 Å². The van der Waals surface area contributed by atoms with Crippen LogP contribution in [0.1, 0.15) is 37.2 Å². The Morgan fingerprint density at radius 1 is 1.62 bits per heavy atom. The molecule has 0 radical (unpaired) electrons. The first-order valence-corrected chi connectivity index (χ1v) is 7.13. The lowest BCUT2D eigenvalue weighted by Crippen LogP contribution is -2.52. The molecule has 1 unspecified atom stereocenters. The van der Waals surface area contributed by atoms with Crippen LogP contribution in [0, 0.1) is 15.5 Å². The third-order valence-corrected chi connectivity index (χ3v) is 4.23. The Hall–Kier alpha value is -1.89. The molecule has 0 spiro atoms. The molecule has 1 aromatic rings. The molecule has 1 aliphatic heterocycles. The van der Waals surface area contributed by atoms with Crippen molar-refractivity contribution in [2.45, 2.75) is 32.7 Å². The van der Waals surface area contributed by atoms with Gasteiger partial charge in [0.15, 0.2) is 0 Å². The fourth-order valence-corrected chi connectivity index (χ4v) is 2.78. The molecule has 0 saturated carbocycles. The number of aromatic nitrogens is 1. The van der Waals surface area contributed by atoms with Gasteiger partial charge in [-0.1, -0.05) is 13.8 Å². The number of amides is 1. The van der Waals surface area contributed by atoms with Gasteiger partial charge < -0.3 is 15.2 Å². The Labute approximate surface area is 123 Å². The highest BCUT2D eigenvalue weighted by Gasteiger charge is 2.32. The van der Waals surface area contributed by atoms with E-state index in [-0.39, 0.29) is 23.1 Å². The third-order valence-electron chi connectivity index (χ3n) is 4.23. The van der Waals surface area contributed by atoms with Gasteiger partial charge in [0.05, 0.1) is 11.1 Å². The molecule has 1 saturated heterocycles. The lowest BCUT2D eigenvalue weighted by Gasteiger charge is -2.39. The third kappa shape index (κ3) is 3.41. The van der Waals surface area contributed by atoms with Crippen LogP contribution < -0.4 is 10.6 Å². The second-order valence-corrected chi connectivity index (χ2v) is 6.26. The summed E-state index contributed by atoms with van der Waals surface area (Å²) < 4.78 is 1.48. The average Bonchev–Trinajstić information content (AvgIpc) is 2.79. The van der Waals surface area contributed by atoms with Gasteiger partial charge in [0.2, 0.25) is 0 Å². The molecule has 1 atom stereocenters. The summed E-state index contributed by atoms with van der Waals surface area (Å²) >= 11 is 0. The summed E-state index contributed by atoms with van der Waals surface area (Å²) in [5.41, 5.74) is 0.361. The van der Waals surface area contributed by atoms with Crippen molar-refractivity contribution >= 4 is 11.6 Å². The highest BCUT2D eigenvalue weighted by atomic mass is 16.6. The standard InChI is InChI=1S/C14H22N4O3/c1-14(2)5-4-6-15-12(14)8-16-13(19)11-7-10(18(20)21)9-17(11)3/h7,9,12,15H,4-6,8H2,1-3H3,(H,16,19). The first kappa shape index (κ1) is 15.5. The number of nitrogens with one attached hydrogen (secondary N) is 2. The van der Waals surface area contributed by atoms with Crippen molar-refractivity contribution in [2.75, 3.05) is 13.1 Å². The monoisotopic (exact) mass is 294 g/mol. The van der Waals surface area contributed by atoms with E-state index in [0.29, 0.717) is 12.2 Å². The zero-order valence-electron chi connectivity index (χ0n) is 12.7. The van der Waals surface area contributed by atoms with Crippen LogP contribution in [-0.4, -0.2) is 34.5 Å².